The molecule has 0 spiro atoms. The van der Waals surface area contributed by atoms with Gasteiger partial charge in [0.05, 0.1) is 19.0 Å². The molecule has 0 unspecified atom stereocenters. The van der Waals surface area contributed by atoms with Crippen molar-refractivity contribution in [3.63, 3.8) is 0 Å². The minimum absolute atomic E-state index is 0.137. The molecule has 2 aliphatic heterocycles. The number of imidazole rings is 1. The van der Waals surface area contributed by atoms with Crippen molar-refractivity contribution in [1.82, 2.24) is 19.5 Å². The number of nitrogens with two attached hydrogens (primary N) is 1. The second-order valence-corrected chi connectivity index (χ2v) is 8.36. The standard InChI is InChI=1S/C13H16ClFN5O5P/c1-6(2)24-26(21)22-3-7-9(25-26)13(14,15)12(23-7)20-5-19-8-10(16)17-4-18-11(8)20/h4-7,9,12H,3H2,1-2H3,(H2,16,17,18)/t7-,9-,12-,13-,26+/m1/s1. The molecule has 0 amide bonds. The third-order valence-electron chi connectivity index (χ3n) is 3.97. The maximum atomic E-state index is 15.4. The fraction of sp³-hybridized carbons (Fsp3) is 0.615. The summed E-state index contributed by atoms with van der Waals surface area (Å²) in [6.07, 6.45) is -1.55. The van der Waals surface area contributed by atoms with E-state index in [1.54, 1.807) is 13.8 Å². The summed E-state index contributed by atoms with van der Waals surface area (Å²) in [7, 11) is -3.95. The number of anilines is 1. The van der Waals surface area contributed by atoms with Crippen molar-refractivity contribution in [3.05, 3.63) is 12.7 Å². The Hall–Kier alpha value is -1.36. The van der Waals surface area contributed by atoms with E-state index in [-0.39, 0.29) is 23.6 Å². The maximum absolute atomic E-state index is 15.4. The van der Waals surface area contributed by atoms with E-state index in [0.717, 1.165) is 0 Å². The number of phosphoric ester groups is 1. The number of halogens is 2. The highest BCUT2D eigenvalue weighted by molar-refractivity contribution is 7.48. The summed E-state index contributed by atoms with van der Waals surface area (Å²) in [5.41, 5.74) is 6.27. The minimum Gasteiger partial charge on any atom is -0.382 e. The highest BCUT2D eigenvalue weighted by atomic mass is 35.5. The van der Waals surface area contributed by atoms with Gasteiger partial charge in [0.25, 0.3) is 5.13 Å². The van der Waals surface area contributed by atoms with Crippen LogP contribution in [0.4, 0.5) is 10.2 Å². The van der Waals surface area contributed by atoms with E-state index in [1.165, 1.54) is 17.2 Å². The molecule has 2 aromatic heterocycles. The summed E-state index contributed by atoms with van der Waals surface area (Å²) in [5, 5.41) is -2.57. The zero-order chi connectivity index (χ0) is 18.7. The van der Waals surface area contributed by atoms with Crippen LogP contribution in [0.1, 0.15) is 20.1 Å². The number of ether oxygens (including phenoxy) is 1. The van der Waals surface area contributed by atoms with Crippen LogP contribution in [0, 0.1) is 0 Å². The van der Waals surface area contributed by atoms with Gasteiger partial charge in [-0.25, -0.2) is 23.9 Å². The van der Waals surface area contributed by atoms with Crippen LogP contribution < -0.4 is 5.73 Å². The van der Waals surface area contributed by atoms with E-state index in [4.69, 9.17) is 35.6 Å². The fourth-order valence-electron chi connectivity index (χ4n) is 2.92. The molecule has 0 bridgehead atoms. The number of hydrogen-bond acceptors (Lipinski definition) is 9. The average molecular weight is 408 g/mol. The van der Waals surface area contributed by atoms with E-state index in [0.29, 0.717) is 0 Å². The Kier molecular flexibility index (Phi) is 4.22. The molecule has 2 saturated heterocycles. The van der Waals surface area contributed by atoms with Crippen molar-refractivity contribution < 1.29 is 27.3 Å². The first kappa shape index (κ1) is 18.0. The molecule has 0 aromatic carbocycles. The van der Waals surface area contributed by atoms with E-state index in [9.17, 15) is 4.57 Å². The Balaban J connectivity index is 1.68. The molecule has 0 radical (unpaired) electrons. The van der Waals surface area contributed by atoms with Gasteiger partial charge in [0.15, 0.2) is 23.8 Å². The van der Waals surface area contributed by atoms with Crippen LogP contribution in [0.15, 0.2) is 12.7 Å². The fourth-order valence-corrected chi connectivity index (χ4v) is 4.91. The van der Waals surface area contributed by atoms with Crippen LogP contribution in [0.3, 0.4) is 0 Å². The van der Waals surface area contributed by atoms with Crippen molar-refractivity contribution in [2.24, 2.45) is 0 Å². The quantitative estimate of drug-likeness (QED) is 0.602. The topological polar surface area (TPSA) is 124 Å². The number of hydrogen-bond donors (Lipinski definition) is 1. The molecule has 13 heteroatoms. The lowest BCUT2D eigenvalue weighted by Crippen LogP contribution is -2.43. The summed E-state index contributed by atoms with van der Waals surface area (Å²) in [6, 6.07) is 0. The van der Waals surface area contributed by atoms with E-state index in [1.807, 2.05) is 0 Å². The first-order valence-electron chi connectivity index (χ1n) is 7.79. The van der Waals surface area contributed by atoms with Crippen LogP contribution in [-0.4, -0.2) is 49.6 Å². The van der Waals surface area contributed by atoms with Crippen LogP contribution in [0.25, 0.3) is 11.2 Å². The van der Waals surface area contributed by atoms with Gasteiger partial charge in [-0.1, -0.05) is 11.6 Å². The van der Waals surface area contributed by atoms with Crippen LogP contribution in [-0.2, 0) is 22.9 Å². The number of fused-ring (bicyclic) bond motifs is 2. The second kappa shape index (κ2) is 6.08. The monoisotopic (exact) mass is 407 g/mol. The first-order valence-corrected chi connectivity index (χ1v) is 9.63. The molecule has 142 valence electrons. The summed E-state index contributed by atoms with van der Waals surface area (Å²) in [6.45, 7) is 3.10. The van der Waals surface area contributed by atoms with Gasteiger partial charge in [-0.15, -0.1) is 0 Å². The van der Waals surface area contributed by atoms with E-state index >= 15 is 4.39 Å². The van der Waals surface area contributed by atoms with Gasteiger partial charge in [0.2, 0.25) is 0 Å². The molecule has 2 aliphatic rings. The van der Waals surface area contributed by atoms with Crippen LogP contribution in [0.2, 0.25) is 0 Å². The van der Waals surface area contributed by atoms with Gasteiger partial charge >= 0.3 is 7.82 Å². The molecule has 0 saturated carbocycles. The van der Waals surface area contributed by atoms with Crippen LogP contribution >= 0.6 is 19.4 Å². The number of aromatic nitrogens is 4. The molecule has 10 nitrogen and oxygen atoms in total. The highest BCUT2D eigenvalue weighted by Crippen LogP contribution is 2.61. The Bertz CT molecular complexity index is 895. The summed E-state index contributed by atoms with van der Waals surface area (Å²) in [5.74, 6) is 0.137. The Morgan fingerprint density at radius 1 is 1.50 bits per heavy atom. The predicted octanol–water partition coefficient (Wildman–Crippen LogP) is 2.16. The number of alkyl halides is 2. The largest absolute Gasteiger partial charge is 0.475 e. The zero-order valence-corrected chi connectivity index (χ0v) is 15.4. The van der Waals surface area contributed by atoms with Gasteiger partial charge < -0.3 is 10.5 Å². The molecular formula is C13H16ClFN5O5P. The molecule has 2 N–H and O–H groups in total. The molecule has 4 rings (SSSR count). The van der Waals surface area contributed by atoms with Gasteiger partial charge in [0, 0.05) is 0 Å². The number of rotatable bonds is 3. The molecule has 2 fully saturated rings. The van der Waals surface area contributed by atoms with Gasteiger partial charge in [-0.2, -0.15) is 0 Å². The molecule has 5 atom stereocenters. The second-order valence-electron chi connectivity index (χ2n) is 6.21. The normalized spacial score (nSPS) is 37.3. The average Bonchev–Trinajstić information content (AvgIpc) is 3.07. The molecule has 26 heavy (non-hydrogen) atoms. The summed E-state index contributed by atoms with van der Waals surface area (Å²) >= 11 is 6.13. The number of nitrogens with zero attached hydrogens (tertiary/aromatic N) is 4. The Morgan fingerprint density at radius 2 is 2.27 bits per heavy atom. The SMILES string of the molecule is CC(C)O[P@]1(=O)OC[C@H]2O[C@@H](n3cnc4c(N)ncnc43)[C@@](F)(Cl)[C@@H]2O1. The lowest BCUT2D eigenvalue weighted by atomic mass is 10.1. The maximum Gasteiger partial charge on any atom is 0.475 e. The van der Waals surface area contributed by atoms with Crippen molar-refractivity contribution >= 4 is 36.4 Å². The van der Waals surface area contributed by atoms with Crippen molar-refractivity contribution in [2.75, 3.05) is 12.3 Å². The third kappa shape index (κ3) is 2.79. The highest BCUT2D eigenvalue weighted by Gasteiger charge is 2.63. The van der Waals surface area contributed by atoms with Gasteiger partial charge in [0.1, 0.15) is 17.9 Å². The first-order chi connectivity index (χ1) is 12.2. The van der Waals surface area contributed by atoms with Gasteiger partial charge in [-0.05, 0) is 13.8 Å². The summed E-state index contributed by atoms with van der Waals surface area (Å²) in [4.78, 5) is 11.9. The van der Waals surface area contributed by atoms with E-state index in [2.05, 4.69) is 15.0 Å². The minimum atomic E-state index is -3.95. The zero-order valence-electron chi connectivity index (χ0n) is 13.8. The third-order valence-corrected chi connectivity index (χ3v) is 6.00. The van der Waals surface area contributed by atoms with Crippen molar-refractivity contribution in [1.29, 1.82) is 0 Å². The smallest absolute Gasteiger partial charge is 0.382 e. The number of phosphoric acid groups is 1. The summed E-state index contributed by atoms with van der Waals surface area (Å²) < 4.78 is 50.5. The molecular weight excluding hydrogens is 392 g/mol. The predicted molar refractivity (Wildman–Crippen MR) is 88.0 cm³/mol. The molecule has 2 aromatic rings. The Morgan fingerprint density at radius 3 is 3.00 bits per heavy atom. The van der Waals surface area contributed by atoms with Crippen molar-refractivity contribution in [2.45, 2.75) is 43.5 Å². The van der Waals surface area contributed by atoms with Crippen molar-refractivity contribution in [3.8, 4) is 0 Å². The Labute approximate surface area is 152 Å². The lowest BCUT2D eigenvalue weighted by molar-refractivity contribution is -0.0733. The number of nitrogen functional groups attached to an aromatic ring is 1. The van der Waals surface area contributed by atoms with E-state index < -0.39 is 37.5 Å². The lowest BCUT2D eigenvalue weighted by Gasteiger charge is -2.33. The van der Waals surface area contributed by atoms with Gasteiger partial charge in [-0.3, -0.25) is 18.1 Å². The molecule has 4 heterocycles. The van der Waals surface area contributed by atoms with Crippen LogP contribution in [0.5, 0.6) is 0 Å². The molecule has 0 aliphatic carbocycles.